The van der Waals surface area contributed by atoms with Gasteiger partial charge in [-0.1, -0.05) is 42.0 Å². The molecular formula is C17H20ClN5O2S2. The van der Waals surface area contributed by atoms with E-state index in [-0.39, 0.29) is 5.03 Å². The number of hydrogen-bond acceptors (Lipinski definition) is 6. The highest BCUT2D eigenvalue weighted by Crippen LogP contribution is 2.29. The summed E-state index contributed by atoms with van der Waals surface area (Å²) in [5.74, 6) is 0. The summed E-state index contributed by atoms with van der Waals surface area (Å²) in [6.45, 7) is 5.67. The smallest absolute Gasteiger partial charge is 0.262 e. The van der Waals surface area contributed by atoms with Gasteiger partial charge in [0.1, 0.15) is 5.01 Å². The number of anilines is 1. The van der Waals surface area contributed by atoms with E-state index in [4.69, 9.17) is 11.6 Å². The second-order valence-electron chi connectivity index (χ2n) is 6.39. The van der Waals surface area contributed by atoms with Crippen molar-refractivity contribution in [3.63, 3.8) is 0 Å². The molecule has 0 spiro atoms. The summed E-state index contributed by atoms with van der Waals surface area (Å²) < 4.78 is 29.5. The lowest BCUT2D eigenvalue weighted by Gasteiger charge is -2.35. The fourth-order valence-corrected chi connectivity index (χ4v) is 6.15. The number of hydrogen-bond donors (Lipinski definition) is 0. The minimum atomic E-state index is -3.67. The summed E-state index contributed by atoms with van der Waals surface area (Å²) in [5.41, 5.74) is 1.43. The van der Waals surface area contributed by atoms with Crippen LogP contribution in [0.4, 0.5) is 5.69 Å². The highest BCUT2D eigenvalue weighted by Gasteiger charge is 2.34. The predicted molar refractivity (Wildman–Crippen MR) is 107 cm³/mol. The van der Waals surface area contributed by atoms with E-state index in [1.165, 1.54) is 20.2 Å². The van der Waals surface area contributed by atoms with E-state index in [0.29, 0.717) is 41.9 Å². The first kappa shape index (κ1) is 18.7. The van der Waals surface area contributed by atoms with E-state index in [1.54, 1.807) is 6.92 Å². The topological polar surface area (TPSA) is 70.8 Å². The quantitative estimate of drug-likeness (QED) is 0.642. The zero-order chi connectivity index (χ0) is 19.2. The molecule has 4 rings (SSSR count). The number of sulfonamides is 1. The molecule has 0 saturated carbocycles. The van der Waals surface area contributed by atoms with Crippen LogP contribution in [0.3, 0.4) is 0 Å². The number of halogens is 1. The first-order valence-corrected chi connectivity index (χ1v) is 11.4. The fourth-order valence-electron chi connectivity index (χ4n) is 3.31. The van der Waals surface area contributed by atoms with Gasteiger partial charge in [0.2, 0.25) is 4.96 Å². The molecule has 1 saturated heterocycles. The van der Waals surface area contributed by atoms with Gasteiger partial charge in [-0.15, -0.1) is 0 Å². The van der Waals surface area contributed by atoms with E-state index in [2.05, 4.69) is 15.0 Å². The maximum absolute atomic E-state index is 13.3. The molecule has 1 aliphatic heterocycles. The molecule has 0 radical (unpaired) electrons. The van der Waals surface area contributed by atoms with Crippen molar-refractivity contribution >= 4 is 43.6 Å². The van der Waals surface area contributed by atoms with Crippen molar-refractivity contribution in [2.24, 2.45) is 0 Å². The molecule has 1 fully saturated rings. The van der Waals surface area contributed by atoms with Crippen molar-refractivity contribution in [1.29, 1.82) is 0 Å². The Bertz CT molecular complexity index is 1080. The minimum Gasteiger partial charge on any atom is -0.368 e. The molecule has 0 N–H and O–H groups in total. The Balaban J connectivity index is 1.60. The van der Waals surface area contributed by atoms with Crippen molar-refractivity contribution < 1.29 is 8.42 Å². The Morgan fingerprint density at radius 1 is 1.19 bits per heavy atom. The van der Waals surface area contributed by atoms with Crippen molar-refractivity contribution in [1.82, 2.24) is 18.9 Å². The van der Waals surface area contributed by atoms with Crippen LogP contribution in [0.1, 0.15) is 17.6 Å². The van der Waals surface area contributed by atoms with Crippen LogP contribution < -0.4 is 4.90 Å². The number of aryl methyl sites for hydroxylation is 2. The lowest BCUT2D eigenvalue weighted by Crippen LogP contribution is -2.49. The third-order valence-corrected chi connectivity index (χ3v) is 8.06. The SMILES string of the molecule is CCc1nn2c(S(=O)(=O)N3CCN(c4ccccc4Cl)CC3)c(C)nc2s1. The average molecular weight is 426 g/mol. The molecule has 1 aliphatic rings. The van der Waals surface area contributed by atoms with Crippen LogP contribution in [0.25, 0.3) is 4.96 Å². The molecule has 0 aliphatic carbocycles. The summed E-state index contributed by atoms with van der Waals surface area (Å²) in [7, 11) is -3.67. The van der Waals surface area contributed by atoms with Gasteiger partial charge in [0.15, 0.2) is 5.03 Å². The number of piperazine rings is 1. The van der Waals surface area contributed by atoms with Crippen LogP contribution >= 0.6 is 22.9 Å². The van der Waals surface area contributed by atoms with Crippen LogP contribution in [0.15, 0.2) is 29.3 Å². The summed E-state index contributed by atoms with van der Waals surface area (Å²) in [4.78, 5) is 7.14. The van der Waals surface area contributed by atoms with E-state index in [1.807, 2.05) is 31.2 Å². The van der Waals surface area contributed by atoms with Crippen molar-refractivity contribution in [3.05, 3.63) is 40.0 Å². The van der Waals surface area contributed by atoms with Crippen LogP contribution in [0.2, 0.25) is 5.02 Å². The normalized spacial score (nSPS) is 16.3. The fraction of sp³-hybridized carbons (Fsp3) is 0.412. The highest BCUT2D eigenvalue weighted by atomic mass is 35.5. The number of imidazole rings is 1. The number of fused-ring (bicyclic) bond motifs is 1. The summed E-state index contributed by atoms with van der Waals surface area (Å²) >= 11 is 7.70. The molecule has 2 aromatic heterocycles. The van der Waals surface area contributed by atoms with Gasteiger partial charge in [0, 0.05) is 26.2 Å². The van der Waals surface area contributed by atoms with Crippen LogP contribution in [-0.4, -0.2) is 53.5 Å². The van der Waals surface area contributed by atoms with Crippen LogP contribution in [0.5, 0.6) is 0 Å². The second kappa shape index (κ2) is 7.05. The molecule has 1 aromatic carbocycles. The van der Waals surface area contributed by atoms with Crippen molar-refractivity contribution in [2.45, 2.75) is 25.3 Å². The zero-order valence-corrected chi connectivity index (χ0v) is 17.5. The largest absolute Gasteiger partial charge is 0.368 e. The number of benzene rings is 1. The van der Waals surface area contributed by atoms with Crippen molar-refractivity contribution in [3.8, 4) is 0 Å². The van der Waals surface area contributed by atoms with E-state index in [9.17, 15) is 8.42 Å². The Morgan fingerprint density at radius 3 is 2.56 bits per heavy atom. The summed E-state index contributed by atoms with van der Waals surface area (Å²) in [6.07, 6.45) is 0.753. The predicted octanol–water partition coefficient (Wildman–Crippen LogP) is 2.83. The molecule has 0 unspecified atom stereocenters. The maximum Gasteiger partial charge on any atom is 0.262 e. The third kappa shape index (κ3) is 3.22. The molecular weight excluding hydrogens is 406 g/mol. The van der Waals surface area contributed by atoms with Crippen LogP contribution in [-0.2, 0) is 16.4 Å². The number of para-hydroxylation sites is 1. The molecule has 3 heterocycles. The molecule has 7 nitrogen and oxygen atoms in total. The maximum atomic E-state index is 13.3. The third-order valence-electron chi connectivity index (χ3n) is 4.69. The molecule has 0 amide bonds. The van der Waals surface area contributed by atoms with E-state index >= 15 is 0 Å². The standard InChI is InChI=1S/C17H20ClN5O2S2/c1-3-15-20-23-16(12(2)19-17(23)26-15)27(24,25)22-10-8-21(9-11-22)14-7-5-4-6-13(14)18/h4-7H,3,8-11H2,1-2H3. The second-order valence-corrected chi connectivity index (χ2v) is 9.69. The van der Waals surface area contributed by atoms with Gasteiger partial charge in [-0.05, 0) is 25.5 Å². The summed E-state index contributed by atoms with van der Waals surface area (Å²) in [6, 6.07) is 7.63. The Hall–Kier alpha value is -1.68. The molecule has 0 bridgehead atoms. The molecule has 0 atom stereocenters. The van der Waals surface area contributed by atoms with Crippen LogP contribution in [0, 0.1) is 6.92 Å². The van der Waals surface area contributed by atoms with Gasteiger partial charge in [-0.2, -0.15) is 13.9 Å². The molecule has 27 heavy (non-hydrogen) atoms. The summed E-state index contributed by atoms with van der Waals surface area (Å²) in [5, 5.41) is 6.16. The van der Waals surface area contributed by atoms with Gasteiger partial charge in [-0.3, -0.25) is 0 Å². The first-order valence-electron chi connectivity index (χ1n) is 8.76. The Morgan fingerprint density at radius 2 is 1.89 bits per heavy atom. The van der Waals surface area contributed by atoms with Crippen molar-refractivity contribution in [2.75, 3.05) is 31.1 Å². The minimum absolute atomic E-state index is 0.180. The highest BCUT2D eigenvalue weighted by molar-refractivity contribution is 7.89. The molecule has 10 heteroatoms. The number of aromatic nitrogens is 3. The number of rotatable bonds is 4. The Kier molecular flexibility index (Phi) is 4.87. The molecule has 3 aromatic rings. The van der Waals surface area contributed by atoms with E-state index in [0.717, 1.165) is 17.1 Å². The van der Waals surface area contributed by atoms with Gasteiger partial charge >= 0.3 is 0 Å². The lowest BCUT2D eigenvalue weighted by atomic mass is 10.2. The molecule has 144 valence electrons. The van der Waals surface area contributed by atoms with Gasteiger partial charge in [0.25, 0.3) is 10.0 Å². The zero-order valence-electron chi connectivity index (χ0n) is 15.1. The van der Waals surface area contributed by atoms with Gasteiger partial charge in [-0.25, -0.2) is 13.4 Å². The van der Waals surface area contributed by atoms with E-state index < -0.39 is 10.0 Å². The van der Waals surface area contributed by atoms with Gasteiger partial charge < -0.3 is 4.90 Å². The average Bonchev–Trinajstić information content (AvgIpc) is 3.18. The first-order chi connectivity index (χ1) is 12.9. The number of nitrogens with zero attached hydrogens (tertiary/aromatic N) is 5. The van der Waals surface area contributed by atoms with Gasteiger partial charge in [0.05, 0.1) is 16.4 Å². The lowest BCUT2D eigenvalue weighted by molar-refractivity contribution is 0.382. The monoisotopic (exact) mass is 425 g/mol. The Labute approximate surface area is 167 Å².